The maximum atomic E-state index is 13.2. The zero-order valence-corrected chi connectivity index (χ0v) is 21.5. The summed E-state index contributed by atoms with van der Waals surface area (Å²) in [6.07, 6.45) is -4.59. The van der Waals surface area contributed by atoms with E-state index in [4.69, 9.17) is 11.6 Å². The van der Waals surface area contributed by atoms with Gasteiger partial charge < -0.3 is 10.4 Å². The number of phenolic OH excluding ortho intramolecular Hbond substituents is 1. The number of nitrogens with one attached hydrogen (secondary N) is 1. The number of hydrogen-bond donors (Lipinski definition) is 2. The van der Waals surface area contributed by atoms with Crippen LogP contribution in [0.2, 0.25) is 5.02 Å². The fourth-order valence-corrected chi connectivity index (χ4v) is 4.33. The first kappa shape index (κ1) is 28.5. The average molecular weight is 546 g/mol. The fourth-order valence-electron chi connectivity index (χ4n) is 4.04. The van der Waals surface area contributed by atoms with Gasteiger partial charge in [-0.3, -0.25) is 14.9 Å². The lowest BCUT2D eigenvalue weighted by Gasteiger charge is -2.23. The van der Waals surface area contributed by atoms with Gasteiger partial charge >= 0.3 is 6.18 Å². The van der Waals surface area contributed by atoms with Crippen molar-refractivity contribution >= 4 is 28.9 Å². The Labute approximate surface area is 221 Å². The number of nitro benzene ring substituents is 1. The maximum Gasteiger partial charge on any atom is 0.416 e. The highest BCUT2D eigenvalue weighted by atomic mass is 35.5. The summed E-state index contributed by atoms with van der Waals surface area (Å²) in [7, 11) is 0. The molecule has 3 aromatic carbocycles. The van der Waals surface area contributed by atoms with Crippen molar-refractivity contribution in [1.29, 1.82) is 5.26 Å². The number of aromatic hydroxyl groups is 1. The first-order valence-corrected chi connectivity index (χ1v) is 11.6. The number of rotatable bonds is 5. The Bertz CT molecular complexity index is 1470. The minimum Gasteiger partial charge on any atom is -0.507 e. The van der Waals surface area contributed by atoms with Gasteiger partial charge in [-0.05, 0) is 41.7 Å². The lowest BCUT2D eigenvalue weighted by molar-refractivity contribution is -0.385. The zero-order valence-electron chi connectivity index (χ0n) is 20.8. The molecule has 38 heavy (non-hydrogen) atoms. The van der Waals surface area contributed by atoms with Crippen LogP contribution in [0.15, 0.2) is 48.5 Å². The summed E-state index contributed by atoms with van der Waals surface area (Å²) in [4.78, 5) is 24.1. The summed E-state index contributed by atoms with van der Waals surface area (Å²) in [5.74, 6) is -2.34. The highest BCUT2D eigenvalue weighted by molar-refractivity contribution is 6.32. The summed E-state index contributed by atoms with van der Waals surface area (Å²) >= 11 is 6.36. The van der Waals surface area contributed by atoms with E-state index in [-0.39, 0.29) is 44.2 Å². The molecule has 0 aromatic heterocycles. The number of hydrogen-bond acceptors (Lipinski definition) is 5. The molecule has 3 aromatic rings. The predicted octanol–water partition coefficient (Wildman–Crippen LogP) is 7.49. The van der Waals surface area contributed by atoms with Crippen molar-refractivity contribution in [1.82, 2.24) is 0 Å². The SMILES string of the molecule is Cc1c([N+](=O)[O-])cc(C(C)(C)C)c(O)c1C(=O)Nc1ccc(C(C#N)c2cccc(C(F)(F)F)c2)c(Cl)c1. The van der Waals surface area contributed by atoms with E-state index in [0.717, 1.165) is 12.1 Å². The molecule has 0 radical (unpaired) electrons. The molecular formula is C27H23ClF3N3O4. The topological polar surface area (TPSA) is 116 Å². The van der Waals surface area contributed by atoms with E-state index >= 15 is 0 Å². The number of amides is 1. The van der Waals surface area contributed by atoms with Gasteiger partial charge in [-0.1, -0.05) is 56.6 Å². The summed E-state index contributed by atoms with van der Waals surface area (Å²) in [5, 5.41) is 34.7. The molecule has 0 aliphatic carbocycles. The zero-order chi connectivity index (χ0) is 28.6. The molecule has 0 aliphatic heterocycles. The van der Waals surface area contributed by atoms with Crippen molar-refractivity contribution in [3.63, 3.8) is 0 Å². The number of nitrogens with zero attached hydrogens (tertiary/aromatic N) is 2. The van der Waals surface area contributed by atoms with Gasteiger partial charge in [0, 0.05) is 27.9 Å². The fraction of sp³-hybridized carbons (Fsp3) is 0.259. The van der Waals surface area contributed by atoms with Crippen LogP contribution in [0.3, 0.4) is 0 Å². The molecule has 1 atom stereocenters. The number of nitro groups is 1. The number of anilines is 1. The standard InChI is InChI=1S/C27H23ClF3N3O4/c1-14-22(34(37)38)12-20(26(2,3)4)24(35)23(14)25(36)33-17-8-9-18(21(28)11-17)19(13-32)15-6-5-7-16(10-15)27(29,30)31/h5-12,19,35H,1-4H3,(H,33,36). The molecular weight excluding hydrogens is 523 g/mol. The van der Waals surface area contributed by atoms with Gasteiger partial charge in [0.15, 0.2) is 0 Å². The van der Waals surface area contributed by atoms with Gasteiger partial charge in [-0.15, -0.1) is 0 Å². The summed E-state index contributed by atoms with van der Waals surface area (Å²) in [6, 6.07) is 11.6. The molecule has 11 heteroatoms. The molecule has 2 N–H and O–H groups in total. The second-order valence-corrected chi connectivity index (χ2v) is 10.1. The smallest absolute Gasteiger partial charge is 0.416 e. The Balaban J connectivity index is 1.99. The van der Waals surface area contributed by atoms with Crippen LogP contribution in [0.4, 0.5) is 24.5 Å². The van der Waals surface area contributed by atoms with Crippen molar-refractivity contribution in [2.45, 2.75) is 45.2 Å². The van der Waals surface area contributed by atoms with Gasteiger partial charge in [0.1, 0.15) is 5.75 Å². The lowest BCUT2D eigenvalue weighted by atomic mass is 9.83. The van der Waals surface area contributed by atoms with E-state index in [9.17, 15) is 38.4 Å². The van der Waals surface area contributed by atoms with Crippen molar-refractivity contribution < 1.29 is 28.0 Å². The Morgan fingerprint density at radius 3 is 2.34 bits per heavy atom. The van der Waals surface area contributed by atoms with Gasteiger partial charge in [0.25, 0.3) is 11.6 Å². The molecule has 198 valence electrons. The Morgan fingerprint density at radius 2 is 1.82 bits per heavy atom. The number of carbonyl (C=O) groups is 1. The van der Waals surface area contributed by atoms with Crippen LogP contribution in [0.25, 0.3) is 0 Å². The van der Waals surface area contributed by atoms with Gasteiger partial charge in [-0.2, -0.15) is 18.4 Å². The molecule has 0 bridgehead atoms. The van der Waals surface area contributed by atoms with E-state index in [1.54, 1.807) is 20.8 Å². The summed E-state index contributed by atoms with van der Waals surface area (Å²) < 4.78 is 39.4. The second kappa shape index (κ2) is 10.3. The molecule has 0 saturated carbocycles. The molecule has 0 aliphatic rings. The first-order valence-electron chi connectivity index (χ1n) is 11.2. The molecule has 3 rings (SSSR count). The number of nitriles is 1. The summed E-state index contributed by atoms with van der Waals surface area (Å²) in [6.45, 7) is 6.55. The third-order valence-electron chi connectivity index (χ3n) is 6.01. The molecule has 0 spiro atoms. The van der Waals surface area contributed by atoms with Crippen molar-refractivity contribution in [2.24, 2.45) is 0 Å². The average Bonchev–Trinajstić information content (AvgIpc) is 2.79. The van der Waals surface area contributed by atoms with Crippen molar-refractivity contribution in [2.75, 3.05) is 5.32 Å². The van der Waals surface area contributed by atoms with Crippen molar-refractivity contribution in [3.05, 3.63) is 97.0 Å². The van der Waals surface area contributed by atoms with E-state index in [1.165, 1.54) is 43.3 Å². The largest absolute Gasteiger partial charge is 0.507 e. The number of phenols is 1. The molecule has 7 nitrogen and oxygen atoms in total. The minimum absolute atomic E-state index is 0.00197. The van der Waals surface area contributed by atoms with Crippen LogP contribution in [-0.2, 0) is 11.6 Å². The van der Waals surface area contributed by atoms with E-state index in [2.05, 4.69) is 5.32 Å². The van der Waals surface area contributed by atoms with Crippen LogP contribution < -0.4 is 5.32 Å². The third kappa shape index (κ3) is 5.73. The Hall–Kier alpha value is -4.10. The third-order valence-corrected chi connectivity index (χ3v) is 6.34. The maximum absolute atomic E-state index is 13.2. The second-order valence-electron chi connectivity index (χ2n) is 9.67. The molecule has 1 unspecified atom stereocenters. The monoisotopic (exact) mass is 545 g/mol. The Morgan fingerprint density at radius 1 is 1.16 bits per heavy atom. The lowest BCUT2D eigenvalue weighted by Crippen LogP contribution is -2.19. The van der Waals surface area contributed by atoms with Crippen molar-refractivity contribution in [3.8, 4) is 11.8 Å². The number of carbonyl (C=O) groups excluding carboxylic acids is 1. The predicted molar refractivity (Wildman–Crippen MR) is 137 cm³/mol. The molecule has 0 heterocycles. The van der Waals surface area contributed by atoms with Gasteiger partial charge in [-0.25, -0.2) is 0 Å². The van der Waals surface area contributed by atoms with E-state index in [0.29, 0.717) is 0 Å². The highest BCUT2D eigenvalue weighted by Crippen LogP contribution is 2.40. The van der Waals surface area contributed by atoms with Gasteiger partial charge in [0.05, 0.1) is 28.0 Å². The number of halogens is 4. The van der Waals surface area contributed by atoms with E-state index < -0.39 is 39.7 Å². The summed E-state index contributed by atoms with van der Waals surface area (Å²) in [5.41, 5.74) is -1.58. The number of benzene rings is 3. The van der Waals surface area contributed by atoms with E-state index in [1.807, 2.05) is 6.07 Å². The highest BCUT2D eigenvalue weighted by Gasteiger charge is 2.32. The first-order chi connectivity index (χ1) is 17.6. The van der Waals surface area contributed by atoms with Crippen LogP contribution in [0, 0.1) is 28.4 Å². The van der Waals surface area contributed by atoms with Crippen LogP contribution in [-0.4, -0.2) is 15.9 Å². The van der Waals surface area contributed by atoms with Crippen LogP contribution in [0.1, 0.15) is 64.9 Å². The molecule has 0 saturated heterocycles. The van der Waals surface area contributed by atoms with Gasteiger partial charge in [0.2, 0.25) is 0 Å². The normalized spacial score (nSPS) is 12.5. The van der Waals surface area contributed by atoms with Crippen LogP contribution in [0.5, 0.6) is 5.75 Å². The molecule has 1 amide bonds. The quantitative estimate of drug-likeness (QED) is 0.254. The molecule has 0 fully saturated rings. The minimum atomic E-state index is -4.59. The Kier molecular flexibility index (Phi) is 7.75. The van der Waals surface area contributed by atoms with Crippen LogP contribution >= 0.6 is 11.6 Å². The number of alkyl halides is 3.